The lowest BCUT2D eigenvalue weighted by Crippen LogP contribution is -2.19. The van der Waals surface area contributed by atoms with Crippen molar-refractivity contribution in [2.75, 3.05) is 11.9 Å². The SMILES string of the molecule is Cc1ncc(CNc2ccc(C(=N)N)cc2)c(CNCCCCCC(=O)O)c1OCc1ccccc1. The van der Waals surface area contributed by atoms with E-state index in [-0.39, 0.29) is 12.3 Å². The highest BCUT2D eigenvalue weighted by atomic mass is 16.5. The van der Waals surface area contributed by atoms with Crippen LogP contribution in [0.25, 0.3) is 0 Å². The molecule has 0 aliphatic carbocycles. The van der Waals surface area contributed by atoms with E-state index < -0.39 is 5.97 Å². The average molecular weight is 490 g/mol. The first kappa shape index (κ1) is 26.7. The minimum absolute atomic E-state index is 0.0424. The maximum absolute atomic E-state index is 10.7. The number of benzene rings is 2. The third-order valence-electron chi connectivity index (χ3n) is 5.86. The van der Waals surface area contributed by atoms with Gasteiger partial charge in [0, 0.05) is 42.5 Å². The number of carboxylic acids is 1. The van der Waals surface area contributed by atoms with E-state index >= 15 is 0 Å². The number of unbranched alkanes of at least 4 members (excludes halogenated alkanes) is 2. The summed E-state index contributed by atoms with van der Waals surface area (Å²) in [5, 5.41) is 23.3. The zero-order valence-corrected chi connectivity index (χ0v) is 20.7. The maximum Gasteiger partial charge on any atom is 0.303 e. The highest BCUT2D eigenvalue weighted by molar-refractivity contribution is 5.95. The number of carboxylic acid groups (broad SMARTS) is 1. The molecule has 0 bridgehead atoms. The molecular formula is C28H35N5O3. The quantitative estimate of drug-likeness (QED) is 0.120. The van der Waals surface area contributed by atoms with Gasteiger partial charge in [-0.25, -0.2) is 0 Å². The molecular weight excluding hydrogens is 454 g/mol. The lowest BCUT2D eigenvalue weighted by atomic mass is 10.1. The number of rotatable bonds is 15. The smallest absolute Gasteiger partial charge is 0.303 e. The van der Waals surface area contributed by atoms with Crippen LogP contribution in [0.5, 0.6) is 5.75 Å². The summed E-state index contributed by atoms with van der Waals surface area (Å²) < 4.78 is 6.28. The van der Waals surface area contributed by atoms with E-state index in [1.807, 2.05) is 67.7 Å². The second-order valence-corrected chi connectivity index (χ2v) is 8.68. The molecule has 190 valence electrons. The Balaban J connectivity index is 1.70. The maximum atomic E-state index is 10.7. The number of aliphatic carboxylic acids is 1. The third kappa shape index (κ3) is 8.39. The molecule has 0 aliphatic heterocycles. The molecule has 8 nitrogen and oxygen atoms in total. The molecule has 0 unspecified atom stereocenters. The normalized spacial score (nSPS) is 10.7. The summed E-state index contributed by atoms with van der Waals surface area (Å²) in [7, 11) is 0. The molecule has 1 heterocycles. The fourth-order valence-electron chi connectivity index (χ4n) is 3.82. The van der Waals surface area contributed by atoms with E-state index in [1.165, 1.54) is 0 Å². The van der Waals surface area contributed by atoms with Crippen LogP contribution in [0.3, 0.4) is 0 Å². The van der Waals surface area contributed by atoms with Crippen LogP contribution in [0.15, 0.2) is 60.8 Å². The first-order valence-electron chi connectivity index (χ1n) is 12.2. The number of nitrogens with zero attached hydrogens (tertiary/aromatic N) is 1. The molecule has 6 N–H and O–H groups in total. The van der Waals surface area contributed by atoms with E-state index in [2.05, 4.69) is 15.6 Å². The van der Waals surface area contributed by atoms with E-state index in [9.17, 15) is 4.79 Å². The molecule has 8 heteroatoms. The molecule has 0 spiro atoms. The number of hydrogen-bond acceptors (Lipinski definition) is 6. The number of aromatic nitrogens is 1. The molecule has 1 aromatic heterocycles. The highest BCUT2D eigenvalue weighted by Gasteiger charge is 2.15. The van der Waals surface area contributed by atoms with Gasteiger partial charge in [-0.3, -0.25) is 15.2 Å². The Kier molecular flexibility index (Phi) is 10.3. The number of nitrogen functional groups attached to an aromatic ring is 1. The van der Waals surface area contributed by atoms with Gasteiger partial charge in [0.1, 0.15) is 18.2 Å². The van der Waals surface area contributed by atoms with Crippen molar-refractivity contribution in [2.45, 2.75) is 52.3 Å². The summed E-state index contributed by atoms with van der Waals surface area (Å²) in [4.78, 5) is 15.3. The molecule has 0 aliphatic rings. The van der Waals surface area contributed by atoms with Crippen LogP contribution in [0, 0.1) is 12.3 Å². The lowest BCUT2D eigenvalue weighted by Gasteiger charge is -2.19. The second-order valence-electron chi connectivity index (χ2n) is 8.68. The van der Waals surface area contributed by atoms with Gasteiger partial charge in [0.2, 0.25) is 0 Å². The van der Waals surface area contributed by atoms with Crippen molar-refractivity contribution in [3.8, 4) is 5.75 Å². The predicted octanol–water partition coefficient (Wildman–Crippen LogP) is 4.60. The van der Waals surface area contributed by atoms with Gasteiger partial charge in [0.25, 0.3) is 0 Å². The molecule has 3 aromatic rings. The monoisotopic (exact) mass is 489 g/mol. The van der Waals surface area contributed by atoms with Crippen LogP contribution in [0.4, 0.5) is 5.69 Å². The zero-order valence-electron chi connectivity index (χ0n) is 20.7. The fourth-order valence-corrected chi connectivity index (χ4v) is 3.82. The number of aryl methyl sites for hydroxylation is 1. The van der Waals surface area contributed by atoms with Crippen molar-refractivity contribution in [2.24, 2.45) is 5.73 Å². The van der Waals surface area contributed by atoms with Crippen molar-refractivity contribution < 1.29 is 14.6 Å². The van der Waals surface area contributed by atoms with Crippen molar-refractivity contribution in [1.82, 2.24) is 10.3 Å². The Morgan fingerprint density at radius 1 is 1.06 bits per heavy atom. The van der Waals surface area contributed by atoms with Gasteiger partial charge in [-0.15, -0.1) is 0 Å². The van der Waals surface area contributed by atoms with E-state index in [0.29, 0.717) is 31.7 Å². The van der Waals surface area contributed by atoms with E-state index in [1.54, 1.807) is 0 Å². The molecule has 0 amide bonds. The summed E-state index contributed by atoms with van der Waals surface area (Å²) in [6.45, 7) is 4.37. The summed E-state index contributed by atoms with van der Waals surface area (Å²) in [6, 6.07) is 17.5. The van der Waals surface area contributed by atoms with Gasteiger partial charge in [-0.1, -0.05) is 36.8 Å². The summed E-state index contributed by atoms with van der Waals surface area (Å²) in [6.07, 6.45) is 4.56. The van der Waals surface area contributed by atoms with Gasteiger partial charge in [-0.05, 0) is 61.7 Å². The number of amidine groups is 1. The Bertz CT molecular complexity index is 1130. The number of pyridine rings is 1. The Hall–Kier alpha value is -3.91. The fraction of sp³-hybridized carbons (Fsp3) is 0.321. The van der Waals surface area contributed by atoms with Crippen LogP contribution in [-0.2, 0) is 24.5 Å². The standard InChI is InChI=1S/C28H35N5O3/c1-20-27(36-19-21-8-4-2-5-9-21)25(18-31-15-7-3-6-10-26(34)35)23(16-32-20)17-33-24-13-11-22(12-14-24)28(29)30/h2,4-5,8-9,11-14,16,31,33H,3,6-7,10,15,17-19H2,1H3,(H3,29,30)(H,34,35). The van der Waals surface area contributed by atoms with Crippen LogP contribution in [-0.4, -0.2) is 28.4 Å². The molecule has 0 radical (unpaired) electrons. The van der Waals surface area contributed by atoms with Gasteiger partial charge < -0.3 is 26.2 Å². The number of anilines is 1. The van der Waals surface area contributed by atoms with Gasteiger partial charge >= 0.3 is 5.97 Å². The molecule has 2 aromatic carbocycles. The largest absolute Gasteiger partial charge is 0.487 e. The molecule has 0 saturated heterocycles. The second kappa shape index (κ2) is 13.8. The minimum atomic E-state index is -0.747. The molecule has 0 saturated carbocycles. The minimum Gasteiger partial charge on any atom is -0.487 e. The topological polar surface area (TPSA) is 133 Å². The number of hydrogen-bond donors (Lipinski definition) is 5. The molecule has 0 atom stereocenters. The first-order valence-corrected chi connectivity index (χ1v) is 12.2. The lowest BCUT2D eigenvalue weighted by molar-refractivity contribution is -0.137. The van der Waals surface area contributed by atoms with Gasteiger partial charge in [-0.2, -0.15) is 0 Å². The highest BCUT2D eigenvalue weighted by Crippen LogP contribution is 2.27. The Morgan fingerprint density at radius 2 is 1.81 bits per heavy atom. The number of ether oxygens (including phenoxy) is 1. The van der Waals surface area contributed by atoms with Crippen molar-refractivity contribution >= 4 is 17.5 Å². The van der Waals surface area contributed by atoms with Crippen LogP contribution < -0.4 is 21.1 Å². The zero-order chi connectivity index (χ0) is 25.8. The third-order valence-corrected chi connectivity index (χ3v) is 5.86. The van der Waals surface area contributed by atoms with Gasteiger partial charge in [0.15, 0.2) is 0 Å². The molecule has 36 heavy (non-hydrogen) atoms. The van der Waals surface area contributed by atoms with E-state index in [0.717, 1.165) is 53.2 Å². The first-order chi connectivity index (χ1) is 17.4. The molecule has 3 rings (SSSR count). The predicted molar refractivity (Wildman–Crippen MR) is 142 cm³/mol. The van der Waals surface area contributed by atoms with Crippen LogP contribution in [0.2, 0.25) is 0 Å². The van der Waals surface area contributed by atoms with Crippen molar-refractivity contribution in [3.63, 3.8) is 0 Å². The van der Waals surface area contributed by atoms with E-state index in [4.69, 9.17) is 21.0 Å². The number of nitrogens with two attached hydrogens (primary N) is 1. The average Bonchev–Trinajstić information content (AvgIpc) is 2.87. The Labute approximate surface area is 212 Å². The van der Waals surface area contributed by atoms with Crippen LogP contribution in [0.1, 0.15) is 53.6 Å². The molecule has 0 fully saturated rings. The van der Waals surface area contributed by atoms with Crippen molar-refractivity contribution in [1.29, 1.82) is 5.41 Å². The van der Waals surface area contributed by atoms with Crippen LogP contribution >= 0.6 is 0 Å². The summed E-state index contributed by atoms with van der Waals surface area (Å²) >= 11 is 0. The summed E-state index contributed by atoms with van der Waals surface area (Å²) in [5.41, 5.74) is 11.2. The van der Waals surface area contributed by atoms with Crippen molar-refractivity contribution in [3.05, 3.63) is 88.7 Å². The van der Waals surface area contributed by atoms with Gasteiger partial charge in [0.05, 0.1) is 5.69 Å². The Morgan fingerprint density at radius 3 is 2.50 bits per heavy atom. The summed E-state index contributed by atoms with van der Waals surface area (Å²) in [5.74, 6) is 0.0766. The number of carbonyl (C=O) groups is 1. The number of nitrogens with one attached hydrogen (secondary N) is 3.